The summed E-state index contributed by atoms with van der Waals surface area (Å²) in [5, 5.41) is 8.22. The van der Waals surface area contributed by atoms with Gasteiger partial charge in [-0.05, 0) is 43.2 Å². The molecule has 0 bridgehead atoms. The van der Waals surface area contributed by atoms with Crippen molar-refractivity contribution in [3.8, 4) is 0 Å². The van der Waals surface area contributed by atoms with Gasteiger partial charge in [-0.15, -0.1) is 11.3 Å². The normalized spacial score (nSPS) is 11.9. The van der Waals surface area contributed by atoms with Crippen LogP contribution in [-0.2, 0) is 22.6 Å². The first-order valence-electron chi connectivity index (χ1n) is 11.2. The summed E-state index contributed by atoms with van der Waals surface area (Å²) in [4.78, 5) is 42.1. The van der Waals surface area contributed by atoms with E-state index in [1.54, 1.807) is 4.57 Å². The highest BCUT2D eigenvalue weighted by Gasteiger charge is 2.15. The fourth-order valence-electron chi connectivity index (χ4n) is 3.26. The van der Waals surface area contributed by atoms with Gasteiger partial charge in [-0.3, -0.25) is 19.0 Å². The third-order valence-corrected chi connectivity index (χ3v) is 7.12. The number of benzene rings is 1. The van der Waals surface area contributed by atoms with Gasteiger partial charge in [0.15, 0.2) is 5.16 Å². The minimum Gasteiger partial charge on any atom is -0.356 e. The van der Waals surface area contributed by atoms with Crippen LogP contribution in [0.15, 0.2) is 51.7 Å². The summed E-state index contributed by atoms with van der Waals surface area (Å²) in [6.07, 6.45) is 2.47. The van der Waals surface area contributed by atoms with Crippen molar-refractivity contribution >= 4 is 45.1 Å². The van der Waals surface area contributed by atoms with E-state index in [-0.39, 0.29) is 29.2 Å². The Morgan fingerprint density at radius 2 is 1.97 bits per heavy atom. The second-order valence-corrected chi connectivity index (χ2v) is 9.70. The lowest BCUT2D eigenvalue weighted by atomic mass is 10.1. The predicted octanol–water partition coefficient (Wildman–Crippen LogP) is 3.60. The zero-order valence-electron chi connectivity index (χ0n) is 19.0. The van der Waals surface area contributed by atoms with E-state index < -0.39 is 0 Å². The van der Waals surface area contributed by atoms with Gasteiger partial charge < -0.3 is 10.6 Å². The molecule has 0 saturated heterocycles. The van der Waals surface area contributed by atoms with E-state index in [9.17, 15) is 14.4 Å². The number of hydrogen-bond acceptors (Lipinski definition) is 6. The Kier molecular flexibility index (Phi) is 9.50. The Labute approximate surface area is 202 Å². The SMILES string of the molecule is CC[C@@H](C)NC(=O)CSc1nc2ccsc2c(=O)n1CCCC(=O)NCCc1ccccc1. The summed E-state index contributed by atoms with van der Waals surface area (Å²) in [6, 6.07) is 11.9. The van der Waals surface area contributed by atoms with Crippen LogP contribution < -0.4 is 16.2 Å². The molecule has 2 N–H and O–H groups in total. The van der Waals surface area contributed by atoms with Crippen LogP contribution in [0.25, 0.3) is 10.2 Å². The summed E-state index contributed by atoms with van der Waals surface area (Å²) < 4.78 is 2.19. The highest BCUT2D eigenvalue weighted by atomic mass is 32.2. The van der Waals surface area contributed by atoms with Crippen molar-refractivity contribution in [2.45, 2.75) is 57.3 Å². The lowest BCUT2D eigenvalue weighted by molar-refractivity contribution is -0.121. The topological polar surface area (TPSA) is 93.1 Å². The lowest BCUT2D eigenvalue weighted by Gasteiger charge is -2.13. The molecule has 9 heteroatoms. The van der Waals surface area contributed by atoms with Crippen LogP contribution in [-0.4, -0.2) is 39.7 Å². The first kappa shape index (κ1) is 25.0. The van der Waals surface area contributed by atoms with Crippen molar-refractivity contribution < 1.29 is 9.59 Å². The number of nitrogens with one attached hydrogen (secondary N) is 2. The quantitative estimate of drug-likeness (QED) is 0.301. The van der Waals surface area contributed by atoms with Gasteiger partial charge in [-0.1, -0.05) is 49.0 Å². The highest BCUT2D eigenvalue weighted by molar-refractivity contribution is 7.99. The molecule has 176 valence electrons. The number of carbonyl (C=O) groups is 2. The van der Waals surface area contributed by atoms with Crippen LogP contribution in [0.3, 0.4) is 0 Å². The minimum absolute atomic E-state index is 0.0359. The van der Waals surface area contributed by atoms with Crippen molar-refractivity contribution in [2.75, 3.05) is 12.3 Å². The van der Waals surface area contributed by atoms with Crippen LogP contribution in [0.4, 0.5) is 0 Å². The molecule has 0 saturated carbocycles. The monoisotopic (exact) mass is 486 g/mol. The van der Waals surface area contributed by atoms with E-state index in [1.807, 2.05) is 55.6 Å². The summed E-state index contributed by atoms with van der Waals surface area (Å²) in [7, 11) is 0. The number of fused-ring (bicyclic) bond motifs is 1. The summed E-state index contributed by atoms with van der Waals surface area (Å²) in [5.74, 6) is 0.0662. The molecule has 7 nitrogen and oxygen atoms in total. The van der Waals surface area contributed by atoms with Gasteiger partial charge in [-0.25, -0.2) is 4.98 Å². The van der Waals surface area contributed by atoms with Gasteiger partial charge in [-0.2, -0.15) is 0 Å². The number of nitrogens with zero attached hydrogens (tertiary/aromatic N) is 2. The maximum absolute atomic E-state index is 13.0. The van der Waals surface area contributed by atoms with E-state index in [0.717, 1.165) is 12.8 Å². The number of thiophene rings is 1. The highest BCUT2D eigenvalue weighted by Crippen LogP contribution is 2.21. The molecular formula is C24H30N4O3S2. The molecule has 0 aliphatic carbocycles. The molecule has 0 spiro atoms. The Morgan fingerprint density at radius 1 is 1.18 bits per heavy atom. The molecule has 3 rings (SSSR count). The summed E-state index contributed by atoms with van der Waals surface area (Å²) >= 11 is 2.61. The molecule has 2 aromatic heterocycles. The Balaban J connectivity index is 1.57. The number of carbonyl (C=O) groups excluding carboxylic acids is 2. The average molecular weight is 487 g/mol. The van der Waals surface area contributed by atoms with Crippen LogP contribution in [0.2, 0.25) is 0 Å². The first-order chi connectivity index (χ1) is 16.0. The van der Waals surface area contributed by atoms with E-state index in [1.165, 1.54) is 28.7 Å². The zero-order chi connectivity index (χ0) is 23.6. The maximum Gasteiger partial charge on any atom is 0.272 e. The van der Waals surface area contributed by atoms with Crippen molar-refractivity contribution in [3.05, 3.63) is 57.7 Å². The average Bonchev–Trinajstić information content (AvgIpc) is 3.29. The number of thioether (sulfide) groups is 1. The van der Waals surface area contributed by atoms with Gasteiger partial charge in [0.2, 0.25) is 11.8 Å². The fourth-order valence-corrected chi connectivity index (χ4v) is 4.87. The van der Waals surface area contributed by atoms with Gasteiger partial charge in [0.05, 0.1) is 11.3 Å². The number of rotatable bonds is 12. The van der Waals surface area contributed by atoms with Gasteiger partial charge in [0, 0.05) is 25.6 Å². The van der Waals surface area contributed by atoms with Gasteiger partial charge in [0.25, 0.3) is 5.56 Å². The first-order valence-corrected chi connectivity index (χ1v) is 13.0. The molecule has 1 atom stereocenters. The Morgan fingerprint density at radius 3 is 2.73 bits per heavy atom. The molecule has 0 aliphatic heterocycles. The number of hydrogen-bond donors (Lipinski definition) is 2. The third-order valence-electron chi connectivity index (χ3n) is 5.25. The molecule has 3 aromatic rings. The van der Waals surface area contributed by atoms with Crippen LogP contribution in [0.5, 0.6) is 0 Å². The molecule has 0 unspecified atom stereocenters. The van der Waals surface area contributed by atoms with Crippen molar-refractivity contribution in [2.24, 2.45) is 0 Å². The van der Waals surface area contributed by atoms with Crippen LogP contribution in [0, 0.1) is 0 Å². The standard InChI is InChI=1S/C24H30N4O3S2/c1-3-17(2)26-21(30)16-33-24-27-19-12-15-32-22(19)23(31)28(24)14-7-10-20(29)25-13-11-18-8-5-4-6-9-18/h4-6,8-9,12,15,17H,3,7,10-11,13-14,16H2,1-2H3,(H,25,29)(H,26,30)/t17-/m1/s1. The zero-order valence-corrected chi connectivity index (χ0v) is 20.6. The number of amides is 2. The second-order valence-electron chi connectivity index (χ2n) is 7.84. The molecular weight excluding hydrogens is 456 g/mol. The van der Waals surface area contributed by atoms with Crippen LogP contribution in [0.1, 0.15) is 38.7 Å². The molecule has 0 aliphatic rings. The van der Waals surface area contributed by atoms with E-state index >= 15 is 0 Å². The molecule has 2 heterocycles. The molecule has 33 heavy (non-hydrogen) atoms. The predicted molar refractivity (Wildman–Crippen MR) is 135 cm³/mol. The van der Waals surface area contributed by atoms with Crippen molar-refractivity contribution in [3.63, 3.8) is 0 Å². The van der Waals surface area contributed by atoms with Crippen molar-refractivity contribution in [1.29, 1.82) is 0 Å². The Bertz CT molecular complexity index is 1130. The third kappa shape index (κ3) is 7.43. The van der Waals surface area contributed by atoms with E-state index in [2.05, 4.69) is 15.6 Å². The smallest absolute Gasteiger partial charge is 0.272 e. The minimum atomic E-state index is -0.121. The molecule has 0 radical (unpaired) electrons. The second kappa shape index (κ2) is 12.6. The van der Waals surface area contributed by atoms with Crippen molar-refractivity contribution in [1.82, 2.24) is 20.2 Å². The maximum atomic E-state index is 13.0. The lowest BCUT2D eigenvalue weighted by Crippen LogP contribution is -2.33. The summed E-state index contributed by atoms with van der Waals surface area (Å²) in [6.45, 7) is 4.93. The fraction of sp³-hybridized carbons (Fsp3) is 0.417. The largest absolute Gasteiger partial charge is 0.356 e. The Hall–Kier alpha value is -2.65. The van der Waals surface area contributed by atoms with E-state index in [4.69, 9.17) is 0 Å². The van der Waals surface area contributed by atoms with Gasteiger partial charge in [0.1, 0.15) is 4.70 Å². The molecule has 2 amide bonds. The summed E-state index contributed by atoms with van der Waals surface area (Å²) in [5.41, 5.74) is 1.70. The van der Waals surface area contributed by atoms with E-state index in [0.29, 0.717) is 41.3 Å². The number of aromatic nitrogens is 2. The molecule has 1 aromatic carbocycles. The van der Waals surface area contributed by atoms with Crippen LogP contribution >= 0.6 is 23.1 Å². The van der Waals surface area contributed by atoms with Gasteiger partial charge >= 0.3 is 0 Å². The molecule has 0 fully saturated rings.